The number of hydrogen-bond acceptors (Lipinski definition) is 6. The molecule has 1 fully saturated rings. The number of imidazole rings is 1. The first kappa shape index (κ1) is 18.8. The molecule has 1 saturated heterocycles. The Kier molecular flexibility index (Phi) is 4.74. The van der Waals surface area contributed by atoms with Crippen molar-refractivity contribution < 1.29 is 9.53 Å². The molecule has 0 bridgehead atoms. The smallest absolute Gasteiger partial charge is 0.333 e. The molecule has 1 atom stereocenters. The van der Waals surface area contributed by atoms with E-state index >= 15 is 0 Å². The van der Waals surface area contributed by atoms with Crippen molar-refractivity contribution in [2.24, 2.45) is 0 Å². The minimum atomic E-state index is -0.310. The van der Waals surface area contributed by atoms with Gasteiger partial charge in [-0.1, -0.05) is 0 Å². The summed E-state index contributed by atoms with van der Waals surface area (Å²) in [6.45, 7) is 2.72. The Hall–Kier alpha value is -3.20. The summed E-state index contributed by atoms with van der Waals surface area (Å²) < 4.78 is 7.43. The summed E-state index contributed by atoms with van der Waals surface area (Å²) in [7, 11) is 1.80. The van der Waals surface area contributed by atoms with Crippen LogP contribution in [0.25, 0.3) is 17.0 Å². The first-order valence-corrected chi connectivity index (χ1v) is 10.3. The molecular weight excluding hydrogens is 384 g/mol. The second-order valence-corrected chi connectivity index (χ2v) is 7.84. The van der Waals surface area contributed by atoms with E-state index in [0.717, 1.165) is 25.9 Å². The van der Waals surface area contributed by atoms with Gasteiger partial charge < -0.3 is 14.5 Å². The van der Waals surface area contributed by atoms with Gasteiger partial charge in [0.2, 0.25) is 0 Å². The van der Waals surface area contributed by atoms with Crippen molar-refractivity contribution in [1.29, 1.82) is 0 Å². The molecule has 5 rings (SSSR count). The Balaban J connectivity index is 1.60. The summed E-state index contributed by atoms with van der Waals surface area (Å²) in [6.07, 6.45) is 5.00. The summed E-state index contributed by atoms with van der Waals surface area (Å²) >= 11 is 0. The molecule has 0 saturated carbocycles. The molecule has 3 aromatic heterocycles. The number of carbonyl (C=O) groups excluding carboxylic acids is 1. The van der Waals surface area contributed by atoms with Gasteiger partial charge in [-0.2, -0.15) is 0 Å². The minimum absolute atomic E-state index is 0.0657. The Morgan fingerprint density at radius 1 is 1.20 bits per heavy atom. The van der Waals surface area contributed by atoms with Crippen LogP contribution in [0.5, 0.6) is 0 Å². The molecule has 5 heterocycles. The predicted molar refractivity (Wildman–Crippen MR) is 112 cm³/mol. The number of rotatable bonds is 3. The van der Waals surface area contributed by atoms with E-state index in [1.807, 2.05) is 6.07 Å². The molecule has 1 N–H and O–H groups in total. The van der Waals surface area contributed by atoms with Crippen LogP contribution in [0.15, 0.2) is 35.3 Å². The number of nitrogens with one attached hydrogen (secondary N) is 1. The van der Waals surface area contributed by atoms with E-state index in [2.05, 4.69) is 14.9 Å². The van der Waals surface area contributed by atoms with Crippen LogP contribution >= 0.6 is 0 Å². The fraction of sp³-hybridized carbons (Fsp3) is 0.429. The molecule has 0 aromatic carbocycles. The van der Waals surface area contributed by atoms with Gasteiger partial charge in [-0.25, -0.2) is 19.3 Å². The van der Waals surface area contributed by atoms with Gasteiger partial charge in [0.1, 0.15) is 11.6 Å². The van der Waals surface area contributed by atoms with Crippen LogP contribution < -0.4 is 10.6 Å². The standard InChI is InChI=1S/C21H24N6O3/c1-25-10-11-26(13-14-5-2-3-12-30-14)19-15(20(25)28)7-8-17(23-19)27-16-6-4-9-22-18(16)24-21(27)29/h4,6-9,14H,2-3,5,10-13H2,1H3,(H,22,24,29). The monoisotopic (exact) mass is 408 g/mol. The first-order chi connectivity index (χ1) is 14.6. The van der Waals surface area contributed by atoms with Crippen molar-refractivity contribution in [3.05, 3.63) is 46.5 Å². The Labute approximate surface area is 173 Å². The molecule has 3 aromatic rings. The maximum absolute atomic E-state index is 12.9. The molecule has 9 heteroatoms. The van der Waals surface area contributed by atoms with Crippen LogP contribution in [0.4, 0.5) is 5.82 Å². The summed E-state index contributed by atoms with van der Waals surface area (Å²) in [5, 5.41) is 0. The summed E-state index contributed by atoms with van der Waals surface area (Å²) in [5.74, 6) is 0.995. The van der Waals surface area contributed by atoms with Gasteiger partial charge in [0.15, 0.2) is 5.65 Å². The van der Waals surface area contributed by atoms with Crippen LogP contribution in [0.1, 0.15) is 29.6 Å². The van der Waals surface area contributed by atoms with Crippen molar-refractivity contribution in [2.45, 2.75) is 25.4 Å². The highest BCUT2D eigenvalue weighted by molar-refractivity contribution is 5.99. The van der Waals surface area contributed by atoms with Gasteiger partial charge in [0.25, 0.3) is 5.91 Å². The number of anilines is 1. The lowest BCUT2D eigenvalue weighted by Gasteiger charge is -2.30. The molecule has 30 heavy (non-hydrogen) atoms. The fourth-order valence-corrected chi connectivity index (χ4v) is 4.20. The number of carbonyl (C=O) groups is 1. The number of likely N-dealkylation sites (N-methyl/N-ethyl adjacent to an activating group) is 1. The van der Waals surface area contributed by atoms with Gasteiger partial charge in [0.05, 0.1) is 17.2 Å². The molecule has 156 valence electrons. The average molecular weight is 408 g/mol. The molecule has 2 aliphatic heterocycles. The highest BCUT2D eigenvalue weighted by atomic mass is 16.5. The van der Waals surface area contributed by atoms with Gasteiger partial charge in [-0.05, 0) is 43.5 Å². The van der Waals surface area contributed by atoms with E-state index in [1.165, 1.54) is 4.57 Å². The maximum Gasteiger partial charge on any atom is 0.333 e. The van der Waals surface area contributed by atoms with Gasteiger partial charge in [-0.3, -0.25) is 9.78 Å². The van der Waals surface area contributed by atoms with Crippen LogP contribution in [0.3, 0.4) is 0 Å². The number of pyridine rings is 2. The maximum atomic E-state index is 12.9. The van der Waals surface area contributed by atoms with E-state index in [9.17, 15) is 9.59 Å². The van der Waals surface area contributed by atoms with Crippen molar-refractivity contribution >= 4 is 22.9 Å². The lowest BCUT2D eigenvalue weighted by atomic mass is 10.1. The second kappa shape index (κ2) is 7.56. The zero-order valence-electron chi connectivity index (χ0n) is 16.9. The third kappa shape index (κ3) is 3.24. The third-order valence-electron chi connectivity index (χ3n) is 5.83. The number of H-pyrrole nitrogens is 1. The van der Waals surface area contributed by atoms with Crippen molar-refractivity contribution in [2.75, 3.05) is 38.2 Å². The molecule has 1 unspecified atom stereocenters. The topological polar surface area (TPSA) is 96.3 Å². The number of nitrogens with zero attached hydrogens (tertiary/aromatic N) is 5. The van der Waals surface area contributed by atoms with Crippen molar-refractivity contribution in [3.63, 3.8) is 0 Å². The number of amides is 1. The molecule has 9 nitrogen and oxygen atoms in total. The molecule has 0 aliphatic carbocycles. The van der Waals surface area contributed by atoms with Gasteiger partial charge in [-0.15, -0.1) is 0 Å². The summed E-state index contributed by atoms with van der Waals surface area (Å²) in [5.41, 5.74) is 1.38. The highest BCUT2D eigenvalue weighted by Gasteiger charge is 2.29. The van der Waals surface area contributed by atoms with E-state index in [0.29, 0.717) is 48.0 Å². The van der Waals surface area contributed by atoms with Crippen LogP contribution in [-0.2, 0) is 4.74 Å². The zero-order valence-corrected chi connectivity index (χ0v) is 16.9. The van der Waals surface area contributed by atoms with Gasteiger partial charge in [0, 0.05) is 39.5 Å². The summed E-state index contributed by atoms with van der Waals surface area (Å²) in [4.78, 5) is 41.1. The first-order valence-electron chi connectivity index (χ1n) is 10.3. The highest BCUT2D eigenvalue weighted by Crippen LogP contribution is 2.26. The lowest BCUT2D eigenvalue weighted by molar-refractivity contribution is 0.0209. The van der Waals surface area contributed by atoms with Crippen molar-refractivity contribution in [1.82, 2.24) is 24.4 Å². The average Bonchev–Trinajstić information content (AvgIpc) is 3.06. The fourth-order valence-electron chi connectivity index (χ4n) is 4.20. The molecular formula is C21H24N6O3. The number of fused-ring (bicyclic) bond motifs is 2. The SMILES string of the molecule is CN1CCN(CC2CCCCO2)c2nc(-n3c(=O)[nH]c4ncccc43)ccc2C1=O. The third-order valence-corrected chi connectivity index (χ3v) is 5.83. The van der Waals surface area contributed by atoms with Crippen LogP contribution in [-0.4, -0.2) is 69.7 Å². The minimum Gasteiger partial charge on any atom is -0.376 e. The Morgan fingerprint density at radius 2 is 2.10 bits per heavy atom. The number of hydrogen-bond donors (Lipinski definition) is 1. The molecule has 0 spiro atoms. The number of aromatic amines is 1. The largest absolute Gasteiger partial charge is 0.376 e. The molecule has 2 aliphatic rings. The van der Waals surface area contributed by atoms with E-state index in [4.69, 9.17) is 9.72 Å². The van der Waals surface area contributed by atoms with E-state index in [-0.39, 0.29) is 17.7 Å². The quantitative estimate of drug-likeness (QED) is 0.707. The van der Waals surface area contributed by atoms with Crippen LogP contribution in [0, 0.1) is 0 Å². The van der Waals surface area contributed by atoms with Crippen LogP contribution in [0.2, 0.25) is 0 Å². The van der Waals surface area contributed by atoms with Gasteiger partial charge >= 0.3 is 5.69 Å². The Bertz CT molecular complexity index is 1150. The number of aromatic nitrogens is 4. The zero-order chi connectivity index (χ0) is 20.7. The lowest BCUT2D eigenvalue weighted by Crippen LogP contribution is -2.39. The number of ether oxygens (including phenoxy) is 1. The summed E-state index contributed by atoms with van der Waals surface area (Å²) in [6, 6.07) is 7.08. The second-order valence-electron chi connectivity index (χ2n) is 7.84. The predicted octanol–water partition coefficient (Wildman–Crippen LogP) is 1.57. The van der Waals surface area contributed by atoms with Crippen molar-refractivity contribution in [3.8, 4) is 5.82 Å². The normalized spacial score (nSPS) is 19.8. The van der Waals surface area contributed by atoms with E-state index < -0.39 is 0 Å². The molecule has 0 radical (unpaired) electrons. The molecule has 1 amide bonds. The van der Waals surface area contributed by atoms with E-state index in [1.54, 1.807) is 36.3 Å². The Morgan fingerprint density at radius 3 is 2.93 bits per heavy atom.